The monoisotopic (exact) mass is 278 g/mol. The molecule has 1 fully saturated rings. The standard InChI is InChI=1S/C14H18N2O4/c17-13-6-5-10(16-13)9-15-7-8-20-12-4-2-1-3-11(12)14(18)19/h1-4,10,15H,5-9H2,(H,16,17)(H,18,19). The number of hydrogen-bond acceptors (Lipinski definition) is 4. The minimum Gasteiger partial charge on any atom is -0.491 e. The quantitative estimate of drug-likeness (QED) is 0.637. The Labute approximate surface area is 117 Å². The minimum atomic E-state index is -0.998. The number of para-hydroxylation sites is 1. The van der Waals surface area contributed by atoms with Gasteiger partial charge in [0, 0.05) is 25.6 Å². The lowest BCUT2D eigenvalue weighted by molar-refractivity contribution is -0.119. The maximum Gasteiger partial charge on any atom is 0.339 e. The first-order chi connectivity index (χ1) is 9.66. The minimum absolute atomic E-state index is 0.100. The highest BCUT2D eigenvalue weighted by molar-refractivity contribution is 5.90. The van der Waals surface area contributed by atoms with Gasteiger partial charge in [0.05, 0.1) is 0 Å². The van der Waals surface area contributed by atoms with E-state index in [1.807, 2.05) is 0 Å². The van der Waals surface area contributed by atoms with Crippen molar-refractivity contribution >= 4 is 11.9 Å². The molecule has 1 amide bonds. The number of carbonyl (C=O) groups is 2. The summed E-state index contributed by atoms with van der Waals surface area (Å²) < 4.78 is 5.45. The summed E-state index contributed by atoms with van der Waals surface area (Å²) in [6, 6.07) is 6.74. The van der Waals surface area contributed by atoms with E-state index in [0.29, 0.717) is 31.9 Å². The van der Waals surface area contributed by atoms with Gasteiger partial charge < -0.3 is 20.5 Å². The molecule has 6 heteroatoms. The van der Waals surface area contributed by atoms with E-state index in [2.05, 4.69) is 10.6 Å². The maximum atomic E-state index is 11.0. The molecule has 0 aliphatic carbocycles. The highest BCUT2D eigenvalue weighted by Gasteiger charge is 2.19. The molecule has 1 aromatic carbocycles. The van der Waals surface area contributed by atoms with Crippen LogP contribution in [0.3, 0.4) is 0 Å². The zero-order valence-corrected chi connectivity index (χ0v) is 11.1. The molecule has 1 aliphatic heterocycles. The van der Waals surface area contributed by atoms with E-state index in [0.717, 1.165) is 6.42 Å². The number of carboxylic acid groups (broad SMARTS) is 1. The summed E-state index contributed by atoms with van der Waals surface area (Å²) in [5.41, 5.74) is 0.163. The highest BCUT2D eigenvalue weighted by Crippen LogP contribution is 2.17. The molecule has 1 atom stereocenters. The molecule has 20 heavy (non-hydrogen) atoms. The van der Waals surface area contributed by atoms with Gasteiger partial charge >= 0.3 is 5.97 Å². The molecule has 0 bridgehead atoms. The third-order valence-corrected chi connectivity index (χ3v) is 3.13. The number of amides is 1. The zero-order chi connectivity index (χ0) is 14.4. The highest BCUT2D eigenvalue weighted by atomic mass is 16.5. The Morgan fingerprint density at radius 3 is 2.95 bits per heavy atom. The van der Waals surface area contributed by atoms with Gasteiger partial charge in [0.1, 0.15) is 17.9 Å². The molecule has 0 spiro atoms. The summed E-state index contributed by atoms with van der Waals surface area (Å²) in [4.78, 5) is 22.0. The zero-order valence-electron chi connectivity index (χ0n) is 11.1. The van der Waals surface area contributed by atoms with Gasteiger partial charge in [0.25, 0.3) is 0 Å². The summed E-state index contributed by atoms with van der Waals surface area (Å²) in [6.45, 7) is 1.68. The van der Waals surface area contributed by atoms with Crippen molar-refractivity contribution in [2.75, 3.05) is 19.7 Å². The predicted octanol–water partition coefficient (Wildman–Crippen LogP) is 0.632. The third kappa shape index (κ3) is 3.96. The fourth-order valence-corrected chi connectivity index (χ4v) is 2.11. The maximum absolute atomic E-state index is 11.0. The fourth-order valence-electron chi connectivity index (χ4n) is 2.11. The summed E-state index contributed by atoms with van der Waals surface area (Å²) in [6.07, 6.45) is 1.45. The van der Waals surface area contributed by atoms with E-state index < -0.39 is 5.97 Å². The van der Waals surface area contributed by atoms with Gasteiger partial charge in [-0.15, -0.1) is 0 Å². The lowest BCUT2D eigenvalue weighted by atomic mass is 10.2. The van der Waals surface area contributed by atoms with E-state index in [4.69, 9.17) is 9.84 Å². The molecule has 108 valence electrons. The molecule has 1 aliphatic rings. The van der Waals surface area contributed by atoms with Crippen LogP contribution in [0.15, 0.2) is 24.3 Å². The fraction of sp³-hybridized carbons (Fsp3) is 0.429. The summed E-state index contributed by atoms with van der Waals surface area (Å²) in [7, 11) is 0. The molecule has 0 saturated carbocycles. The topological polar surface area (TPSA) is 87.7 Å². The van der Waals surface area contributed by atoms with Crippen molar-refractivity contribution in [3.63, 3.8) is 0 Å². The molecule has 0 radical (unpaired) electrons. The van der Waals surface area contributed by atoms with Crippen LogP contribution in [0.1, 0.15) is 23.2 Å². The molecule has 6 nitrogen and oxygen atoms in total. The van der Waals surface area contributed by atoms with Gasteiger partial charge in [-0.1, -0.05) is 12.1 Å². The van der Waals surface area contributed by atoms with E-state index in [1.165, 1.54) is 6.07 Å². The lowest BCUT2D eigenvalue weighted by Gasteiger charge is -2.12. The Hall–Kier alpha value is -2.08. The van der Waals surface area contributed by atoms with Gasteiger partial charge in [-0.25, -0.2) is 4.79 Å². The number of nitrogens with one attached hydrogen (secondary N) is 2. The largest absolute Gasteiger partial charge is 0.491 e. The van der Waals surface area contributed by atoms with Gasteiger partial charge in [0.2, 0.25) is 5.91 Å². The van der Waals surface area contributed by atoms with Gasteiger partial charge in [-0.3, -0.25) is 4.79 Å². The number of carboxylic acids is 1. The van der Waals surface area contributed by atoms with Crippen molar-refractivity contribution in [2.24, 2.45) is 0 Å². The van der Waals surface area contributed by atoms with Crippen LogP contribution in [-0.4, -0.2) is 42.7 Å². The van der Waals surface area contributed by atoms with E-state index in [-0.39, 0.29) is 17.5 Å². The summed E-state index contributed by atoms with van der Waals surface area (Å²) >= 11 is 0. The van der Waals surface area contributed by atoms with Gasteiger partial charge in [0.15, 0.2) is 0 Å². The van der Waals surface area contributed by atoms with Gasteiger partial charge in [-0.2, -0.15) is 0 Å². The molecule has 0 aromatic heterocycles. The summed E-state index contributed by atoms with van der Waals surface area (Å²) in [5, 5.41) is 15.0. The second-order valence-corrected chi connectivity index (χ2v) is 4.66. The molecule has 3 N–H and O–H groups in total. The Balaban J connectivity index is 1.68. The Morgan fingerprint density at radius 2 is 2.25 bits per heavy atom. The van der Waals surface area contributed by atoms with Gasteiger partial charge in [-0.05, 0) is 18.6 Å². The number of hydrogen-bond donors (Lipinski definition) is 3. The van der Waals surface area contributed by atoms with Crippen molar-refractivity contribution in [3.8, 4) is 5.75 Å². The van der Waals surface area contributed by atoms with Crippen LogP contribution in [0.2, 0.25) is 0 Å². The number of ether oxygens (including phenoxy) is 1. The molecule has 1 saturated heterocycles. The first kappa shape index (κ1) is 14.3. The van der Waals surface area contributed by atoms with E-state index >= 15 is 0 Å². The van der Waals surface area contributed by atoms with Crippen molar-refractivity contribution < 1.29 is 19.4 Å². The average molecular weight is 278 g/mol. The molecule has 1 heterocycles. The smallest absolute Gasteiger partial charge is 0.339 e. The number of carbonyl (C=O) groups excluding carboxylic acids is 1. The molecule has 1 unspecified atom stereocenters. The van der Waals surface area contributed by atoms with E-state index in [9.17, 15) is 9.59 Å². The Kier molecular flexibility index (Phi) is 4.95. The van der Waals surface area contributed by atoms with Crippen LogP contribution < -0.4 is 15.4 Å². The third-order valence-electron chi connectivity index (χ3n) is 3.13. The lowest BCUT2D eigenvalue weighted by Crippen LogP contribution is -2.37. The number of aromatic carboxylic acids is 1. The molecular formula is C14H18N2O4. The first-order valence-corrected chi connectivity index (χ1v) is 6.62. The van der Waals surface area contributed by atoms with Crippen molar-refractivity contribution in [2.45, 2.75) is 18.9 Å². The first-order valence-electron chi connectivity index (χ1n) is 6.62. The number of rotatable bonds is 7. The molecular weight excluding hydrogens is 260 g/mol. The van der Waals surface area contributed by atoms with Crippen molar-refractivity contribution in [1.29, 1.82) is 0 Å². The Morgan fingerprint density at radius 1 is 1.45 bits per heavy atom. The average Bonchev–Trinajstić information content (AvgIpc) is 2.84. The van der Waals surface area contributed by atoms with Crippen molar-refractivity contribution in [3.05, 3.63) is 29.8 Å². The van der Waals surface area contributed by atoms with Crippen LogP contribution in [0.5, 0.6) is 5.75 Å². The Bertz CT molecular complexity index is 490. The summed E-state index contributed by atoms with van der Waals surface area (Å²) in [5.74, 6) is -0.526. The van der Waals surface area contributed by atoms with Crippen LogP contribution in [0.25, 0.3) is 0 Å². The van der Waals surface area contributed by atoms with Crippen molar-refractivity contribution in [1.82, 2.24) is 10.6 Å². The number of benzene rings is 1. The normalized spacial score (nSPS) is 17.8. The van der Waals surface area contributed by atoms with E-state index in [1.54, 1.807) is 18.2 Å². The second-order valence-electron chi connectivity index (χ2n) is 4.66. The second kappa shape index (κ2) is 6.91. The van der Waals surface area contributed by atoms with Crippen LogP contribution >= 0.6 is 0 Å². The molecule has 2 rings (SSSR count). The van der Waals surface area contributed by atoms with Crippen LogP contribution in [-0.2, 0) is 4.79 Å². The molecule has 1 aromatic rings. The van der Waals surface area contributed by atoms with Crippen LogP contribution in [0.4, 0.5) is 0 Å². The predicted molar refractivity (Wildman–Crippen MR) is 72.9 cm³/mol. The SMILES string of the molecule is O=C1CCC(CNCCOc2ccccc2C(=O)O)N1. The van der Waals surface area contributed by atoms with Crippen LogP contribution in [0, 0.1) is 0 Å².